The van der Waals surface area contributed by atoms with Crippen molar-refractivity contribution < 1.29 is 30.0 Å². The first-order chi connectivity index (χ1) is 59.6. The van der Waals surface area contributed by atoms with Crippen LogP contribution in [0.3, 0.4) is 0 Å². The van der Waals surface area contributed by atoms with Crippen molar-refractivity contribution in [1.29, 1.82) is 15.8 Å². The van der Waals surface area contributed by atoms with Crippen molar-refractivity contribution in [1.82, 2.24) is 75.0 Å². The Morgan fingerprint density at radius 2 is 0.699 bits per heavy atom. The second-order valence-electron chi connectivity index (χ2n) is 28.9. The van der Waals surface area contributed by atoms with E-state index in [1.165, 1.54) is 0 Å². The normalized spacial score (nSPS) is 11.6. The number of aromatic nitrogens is 12. The molecule has 0 spiro atoms. The van der Waals surface area contributed by atoms with Crippen molar-refractivity contribution >= 4 is 85.3 Å². The van der Waals surface area contributed by atoms with Crippen LogP contribution in [-0.4, -0.2) is 91.9 Å². The van der Waals surface area contributed by atoms with E-state index in [0.717, 1.165) is 47.9 Å². The monoisotopic (exact) mass is 1650 g/mol. The third-order valence-electron chi connectivity index (χ3n) is 20.6. The third kappa shape index (κ3) is 21.1. The average molecular weight is 1660 g/mol. The molecule has 6 heterocycles. The highest BCUT2D eigenvalue weighted by Crippen LogP contribution is 2.33. The smallest absolute Gasteiger partial charge is 0.274 e. The van der Waals surface area contributed by atoms with Gasteiger partial charge < -0.3 is 33.2 Å². The first-order valence-corrected chi connectivity index (χ1v) is 40.2. The molecule has 13 aromatic rings. The molecule has 0 bridgehead atoms. The fourth-order valence-corrected chi connectivity index (χ4v) is 14.6. The summed E-state index contributed by atoms with van der Waals surface area (Å²) in [5.74, 6) is 2.40. The largest absolute Gasteiger partial charge is 0.382 e. The van der Waals surface area contributed by atoms with E-state index in [1.54, 1.807) is 63.0 Å². The van der Waals surface area contributed by atoms with Crippen molar-refractivity contribution in [2.75, 3.05) is 33.2 Å². The number of carbonyl (C=O) groups excluding carboxylic acids is 3. The number of rotatable bonds is 31. The first kappa shape index (κ1) is 88.6. The van der Waals surface area contributed by atoms with Gasteiger partial charge in [-0.15, -0.1) is 0 Å². The van der Waals surface area contributed by atoms with Gasteiger partial charge in [-0.1, -0.05) is 137 Å². The fraction of sp³-hybridized carbons (Fsp3) is 0.267. The maximum Gasteiger partial charge on any atom is 0.274 e. The van der Waals surface area contributed by atoms with Gasteiger partial charge in [0, 0.05) is 18.4 Å². The number of aryl methyl sites for hydroxylation is 7. The second-order valence-corrected chi connectivity index (χ2v) is 28.9. The quantitative estimate of drug-likeness (QED) is 0.0109. The molecular weight excluding hydrogens is 1560 g/mol. The first-order valence-electron chi connectivity index (χ1n) is 40.2. The number of carbonyl (C=O) groups is 3. The van der Waals surface area contributed by atoms with Gasteiger partial charge in [-0.05, 0) is 180 Å². The molecule has 0 saturated heterocycles. The van der Waals surface area contributed by atoms with Crippen LogP contribution in [-0.2, 0) is 35.3 Å². The molecule has 0 fully saturated rings. The van der Waals surface area contributed by atoms with Crippen molar-refractivity contribution in [3.05, 3.63) is 280 Å². The predicted octanol–water partition coefficient (Wildman–Crippen LogP) is 12.6. The summed E-state index contributed by atoms with van der Waals surface area (Å²) in [6, 6.07) is 56.6. The summed E-state index contributed by atoms with van der Waals surface area (Å²) in [5, 5.41) is 66.8. The SMILES string of the molecule is CC[C@H](Nc1nc(C)nc(N)c1C#N)c1nc2cccc(CCCCCC(=O)NO)c2c(=O)n1-c1ccccc1.CC[C@H](Nc1nc(C)nc(N)c1C#N)c1nc2cccc(CCCCCC(=O)NO)c2c(=O)n1-c1ccccc1.CC[C@H](Nc1nc(C)nc(N)c1C#N)c1nc2cccc(CCc3ccc(C(=O)NO)cc3)c2c(=O)n1-c1ccccc1. The highest BCUT2D eigenvalue weighted by molar-refractivity contribution is 5.93. The van der Waals surface area contributed by atoms with Gasteiger partial charge in [-0.3, -0.25) is 58.1 Å². The van der Waals surface area contributed by atoms with Crippen LogP contribution in [0.15, 0.2) is 184 Å². The molecule has 0 aliphatic carbocycles. The molecule has 0 aliphatic heterocycles. The minimum atomic E-state index is -0.578. The van der Waals surface area contributed by atoms with E-state index < -0.39 is 35.8 Å². The van der Waals surface area contributed by atoms with E-state index >= 15 is 0 Å². The van der Waals surface area contributed by atoms with Crippen LogP contribution in [0.1, 0.15) is 194 Å². The minimum Gasteiger partial charge on any atom is -0.382 e. The molecule has 33 heteroatoms. The summed E-state index contributed by atoms with van der Waals surface area (Å²) in [4.78, 5) is 118. The lowest BCUT2D eigenvalue weighted by Gasteiger charge is -2.23. The number of amides is 3. The lowest BCUT2D eigenvalue weighted by molar-refractivity contribution is -0.130. The summed E-state index contributed by atoms with van der Waals surface area (Å²) in [7, 11) is 0. The number of nitrogens with zero attached hydrogens (tertiary/aromatic N) is 15. The Bertz CT molecular complexity index is 6090. The average Bonchev–Trinajstić information content (AvgIpc) is 0.763. The molecule has 0 radical (unpaired) electrons. The Balaban J connectivity index is 0.000000180. The Morgan fingerprint density at radius 3 is 0.992 bits per heavy atom. The molecule has 3 amide bonds. The number of nitrogens with two attached hydrogens (primary N) is 3. The number of hydrogen-bond donors (Lipinski definition) is 12. The number of nitrogen functional groups attached to an aromatic ring is 3. The predicted molar refractivity (Wildman–Crippen MR) is 467 cm³/mol. The molecule has 0 unspecified atom stereocenters. The highest BCUT2D eigenvalue weighted by atomic mass is 16.5. The van der Waals surface area contributed by atoms with Gasteiger partial charge in [-0.2, -0.15) is 15.8 Å². The summed E-state index contributed by atoms with van der Waals surface area (Å²) >= 11 is 0. The van der Waals surface area contributed by atoms with Crippen LogP contribution >= 0.6 is 0 Å². The Hall–Kier alpha value is -15.2. The van der Waals surface area contributed by atoms with Gasteiger partial charge in [0.05, 0.1) is 67.9 Å². The molecule has 13 rings (SSSR count). The fourth-order valence-electron chi connectivity index (χ4n) is 14.6. The van der Waals surface area contributed by atoms with Crippen molar-refractivity contribution in [2.45, 2.75) is 156 Å². The Morgan fingerprint density at radius 1 is 0.382 bits per heavy atom. The maximum atomic E-state index is 14.4. The number of para-hydroxylation sites is 3. The van der Waals surface area contributed by atoms with Gasteiger partial charge in [0.25, 0.3) is 22.6 Å². The lowest BCUT2D eigenvalue weighted by Crippen LogP contribution is -2.29. The maximum absolute atomic E-state index is 14.4. The molecule has 0 saturated carbocycles. The molecule has 628 valence electrons. The van der Waals surface area contributed by atoms with Gasteiger partial charge in [0.1, 0.15) is 87.3 Å². The molecule has 33 nitrogen and oxygen atoms in total. The summed E-state index contributed by atoms with van der Waals surface area (Å²) < 4.78 is 4.84. The zero-order valence-corrected chi connectivity index (χ0v) is 68.7. The zero-order chi connectivity index (χ0) is 87.8. The van der Waals surface area contributed by atoms with Crippen LogP contribution < -0.4 is 66.3 Å². The van der Waals surface area contributed by atoms with E-state index in [9.17, 15) is 44.6 Å². The van der Waals surface area contributed by atoms with Crippen molar-refractivity contribution in [3.8, 4) is 35.3 Å². The molecule has 0 aliphatic rings. The molecule has 3 atom stereocenters. The molecule has 15 N–H and O–H groups in total. The molecule has 6 aromatic heterocycles. The topological polar surface area (TPSA) is 516 Å². The highest BCUT2D eigenvalue weighted by Gasteiger charge is 2.29. The van der Waals surface area contributed by atoms with E-state index in [1.807, 2.05) is 178 Å². The van der Waals surface area contributed by atoms with Crippen LogP contribution in [0.5, 0.6) is 0 Å². The van der Waals surface area contributed by atoms with Gasteiger partial charge in [0.15, 0.2) is 17.5 Å². The number of fused-ring (bicyclic) bond motifs is 3. The lowest BCUT2D eigenvalue weighted by atomic mass is 10.00. The number of hydroxylamine groups is 3. The van der Waals surface area contributed by atoms with E-state index in [-0.39, 0.29) is 81.1 Å². The van der Waals surface area contributed by atoms with E-state index in [2.05, 4.69) is 64.1 Å². The number of nitriles is 3. The van der Waals surface area contributed by atoms with Gasteiger partial charge in [-0.25, -0.2) is 61.3 Å². The number of unbranched alkanes of at least 4 members (excludes halogenated alkanes) is 4. The van der Waals surface area contributed by atoms with Crippen LogP contribution in [0.4, 0.5) is 34.9 Å². The van der Waals surface area contributed by atoms with Crippen LogP contribution in [0.25, 0.3) is 49.8 Å². The number of anilines is 6. The second kappa shape index (κ2) is 41.9. The van der Waals surface area contributed by atoms with E-state index in [0.29, 0.717) is 148 Å². The van der Waals surface area contributed by atoms with Gasteiger partial charge >= 0.3 is 0 Å². The Kier molecular flexibility index (Phi) is 30.2. The number of benzene rings is 7. The third-order valence-corrected chi connectivity index (χ3v) is 20.6. The van der Waals surface area contributed by atoms with Crippen LogP contribution in [0.2, 0.25) is 0 Å². The number of nitrogens with one attached hydrogen (secondary N) is 6. The summed E-state index contributed by atoms with van der Waals surface area (Å²) in [6.07, 6.45) is 8.93. The molecule has 123 heavy (non-hydrogen) atoms. The van der Waals surface area contributed by atoms with Crippen molar-refractivity contribution in [3.63, 3.8) is 0 Å². The zero-order valence-electron chi connectivity index (χ0n) is 68.7. The standard InChI is InChI=1S/C32H30N8O3.2C29H32N8O3/c1-3-25(37-29-24(18-33)28(34)35-19(2)36-29)30-38-26-11-7-8-21(15-12-20-13-16-22(17-14-20)31(41)39-43)27(26)32(42)40(30)23-9-5-4-6-10-23;2*1-3-22(34-27-21(17-30)26(31)32-18(2)33-27)28-35-23-15-10-12-19(11-6-4-9-16-24(38)36-40)25(23)29(39)37(28)20-13-7-5-8-14-20/h4-11,13-14,16-17,25,43H,3,12,15H2,1-2H3,(H,39,41)(H3,34,35,36,37);2*5,7-8,10,12-15,22,40H,3-4,6,9,11,16H2,1-2H3,(H,36,38)(H3,31,32,33,34)/t25-;2*22-/m000/s1. The summed E-state index contributed by atoms with van der Waals surface area (Å²) in [5.41, 5.74) is 30.3. The van der Waals surface area contributed by atoms with Crippen LogP contribution in [0, 0.1) is 54.8 Å². The summed E-state index contributed by atoms with van der Waals surface area (Å²) in [6.45, 7) is 11.0. The minimum absolute atomic E-state index is 0.0789. The van der Waals surface area contributed by atoms with E-state index in [4.69, 9.17) is 47.8 Å². The Labute approximate surface area is 707 Å². The molecular formula is C90H94N24O9. The van der Waals surface area contributed by atoms with Gasteiger partial charge in [0.2, 0.25) is 11.8 Å². The van der Waals surface area contributed by atoms with Crippen molar-refractivity contribution in [2.24, 2.45) is 0 Å². The molecule has 7 aromatic carbocycles. The number of hydrogen-bond acceptors (Lipinski definition) is 27.